The van der Waals surface area contributed by atoms with Crippen molar-refractivity contribution in [2.75, 3.05) is 26.2 Å². The van der Waals surface area contributed by atoms with Gasteiger partial charge in [-0.1, -0.05) is 48.4 Å². The maximum atomic E-state index is 11.7. The summed E-state index contributed by atoms with van der Waals surface area (Å²) < 4.78 is 5.47. The fourth-order valence-electron chi connectivity index (χ4n) is 3.37. The second-order valence-corrected chi connectivity index (χ2v) is 8.81. The van der Waals surface area contributed by atoms with Gasteiger partial charge in [0.05, 0.1) is 12.1 Å². The van der Waals surface area contributed by atoms with E-state index >= 15 is 0 Å². The molecule has 0 radical (unpaired) electrons. The number of amides is 1. The van der Waals surface area contributed by atoms with Gasteiger partial charge in [0.2, 0.25) is 0 Å². The van der Waals surface area contributed by atoms with E-state index in [0.717, 1.165) is 31.8 Å². The minimum absolute atomic E-state index is 0.113. The van der Waals surface area contributed by atoms with E-state index in [0.29, 0.717) is 29.5 Å². The molecule has 5 nitrogen and oxygen atoms in total. The molecule has 1 aromatic rings. The fraction of sp³-hybridized carbons (Fsp3) is 0.379. The molecule has 1 N–H and O–H groups in total. The molecule has 3 aliphatic rings. The molecule has 0 bridgehead atoms. The van der Waals surface area contributed by atoms with Crippen molar-refractivity contribution in [3.8, 4) is 18.6 Å². The summed E-state index contributed by atoms with van der Waals surface area (Å²) in [5, 5.41) is 3.41. The number of hydrogen-bond donors (Lipinski definition) is 1. The van der Waals surface area contributed by atoms with Crippen molar-refractivity contribution in [1.29, 1.82) is 0 Å². The van der Waals surface area contributed by atoms with Crippen LogP contribution < -0.4 is 10.1 Å². The van der Waals surface area contributed by atoms with Crippen molar-refractivity contribution >= 4 is 23.7 Å². The van der Waals surface area contributed by atoms with E-state index in [-0.39, 0.29) is 5.91 Å². The van der Waals surface area contributed by atoms with E-state index in [1.165, 1.54) is 24.0 Å². The van der Waals surface area contributed by atoms with Gasteiger partial charge in [-0.15, -0.1) is 12.8 Å². The summed E-state index contributed by atoms with van der Waals surface area (Å²) in [5.74, 6) is 1.45. The minimum Gasteiger partial charge on any atom is -0.492 e. The molecule has 2 aliphatic heterocycles. The van der Waals surface area contributed by atoms with Crippen LogP contribution in [0, 0.1) is 18.8 Å². The highest BCUT2D eigenvalue weighted by molar-refractivity contribution is 6.30. The summed E-state index contributed by atoms with van der Waals surface area (Å²) in [6, 6.07) is 7.16. The van der Waals surface area contributed by atoms with Crippen molar-refractivity contribution in [1.82, 2.24) is 10.2 Å². The molecule has 1 fully saturated rings. The first-order valence-electron chi connectivity index (χ1n) is 12.1. The standard InChI is InChI=1S/C14H15ClN2O2.C13H19N.C2H2/c15-12-4-1-5-13(9-12)19-8-7-17-14(18)11-3-2-6-16-10-11;1-3-11(2)9-14-8-4-5-13(10-14)12-6-7-12;1-2/h1,3-5,9-10H,2,6-8H2,(H,17,18);4-5,9-10,12H,3,6-8H2,1-2H3;1-2H/b;11-9+;. The van der Waals surface area contributed by atoms with Crippen LogP contribution >= 0.6 is 11.6 Å². The normalized spacial score (nSPS) is 16.6. The molecule has 0 unspecified atom stereocenters. The lowest BCUT2D eigenvalue weighted by molar-refractivity contribution is -0.117. The Hall–Kier alpha value is -3.23. The van der Waals surface area contributed by atoms with Crippen LogP contribution in [0.3, 0.4) is 0 Å². The lowest BCUT2D eigenvalue weighted by atomic mass is 10.1. The van der Waals surface area contributed by atoms with Gasteiger partial charge in [0, 0.05) is 36.7 Å². The summed E-state index contributed by atoms with van der Waals surface area (Å²) in [6.07, 6.45) is 25.4. The molecule has 1 amide bonds. The van der Waals surface area contributed by atoms with Gasteiger partial charge in [-0.05, 0) is 62.3 Å². The molecule has 0 atom stereocenters. The van der Waals surface area contributed by atoms with Crippen molar-refractivity contribution < 1.29 is 9.53 Å². The molecule has 0 saturated heterocycles. The van der Waals surface area contributed by atoms with Gasteiger partial charge in [-0.3, -0.25) is 9.79 Å². The second kappa shape index (κ2) is 15.6. The molecule has 1 aliphatic carbocycles. The number of rotatable bonds is 8. The fourth-order valence-corrected chi connectivity index (χ4v) is 3.55. The monoisotopic (exact) mass is 493 g/mol. The van der Waals surface area contributed by atoms with Crippen molar-refractivity contribution in [3.05, 3.63) is 76.6 Å². The van der Waals surface area contributed by atoms with E-state index in [4.69, 9.17) is 16.3 Å². The van der Waals surface area contributed by atoms with Crippen LogP contribution in [0.5, 0.6) is 5.75 Å². The Labute approximate surface area is 215 Å². The average molecular weight is 494 g/mol. The summed E-state index contributed by atoms with van der Waals surface area (Å²) in [5.41, 5.74) is 3.59. The summed E-state index contributed by atoms with van der Waals surface area (Å²) in [6.45, 7) is 7.04. The number of carbonyl (C=O) groups excluding carboxylic acids is 1. The predicted octanol–water partition coefficient (Wildman–Crippen LogP) is 5.95. The topological polar surface area (TPSA) is 53.9 Å². The lowest BCUT2D eigenvalue weighted by Crippen LogP contribution is -2.30. The number of nitrogens with zero attached hydrogens (tertiary/aromatic N) is 2. The van der Waals surface area contributed by atoms with Gasteiger partial charge in [-0.25, -0.2) is 0 Å². The molecule has 0 aromatic heterocycles. The largest absolute Gasteiger partial charge is 0.492 e. The van der Waals surface area contributed by atoms with E-state index in [9.17, 15) is 4.79 Å². The zero-order chi connectivity index (χ0) is 25.5. The Morgan fingerprint density at radius 3 is 2.80 bits per heavy atom. The van der Waals surface area contributed by atoms with Crippen LogP contribution in [-0.4, -0.2) is 43.3 Å². The van der Waals surface area contributed by atoms with Crippen LogP contribution in [-0.2, 0) is 4.79 Å². The summed E-state index contributed by atoms with van der Waals surface area (Å²) in [7, 11) is 0. The smallest absolute Gasteiger partial charge is 0.252 e. The zero-order valence-corrected chi connectivity index (χ0v) is 21.5. The molecule has 35 heavy (non-hydrogen) atoms. The third-order valence-corrected chi connectivity index (χ3v) is 5.74. The SMILES string of the molecule is C#C.CC/C(C)=C/N1C=C(C2CC2)C=CC1.O=C(NCCOc1cccc(Cl)c1)C1=CCCN=C1. The van der Waals surface area contributed by atoms with Crippen LogP contribution in [0.25, 0.3) is 0 Å². The van der Waals surface area contributed by atoms with Crippen LogP contribution in [0.1, 0.15) is 39.5 Å². The molecule has 1 aromatic carbocycles. The number of carbonyl (C=O) groups is 1. The van der Waals surface area contributed by atoms with Gasteiger partial charge in [0.15, 0.2) is 0 Å². The number of nitrogens with one attached hydrogen (secondary N) is 1. The van der Waals surface area contributed by atoms with Crippen LogP contribution in [0.15, 0.2) is 76.6 Å². The summed E-state index contributed by atoms with van der Waals surface area (Å²) >= 11 is 5.84. The number of halogens is 1. The van der Waals surface area contributed by atoms with E-state index < -0.39 is 0 Å². The molecular formula is C29H36ClN3O2. The maximum Gasteiger partial charge on any atom is 0.252 e. The van der Waals surface area contributed by atoms with Gasteiger partial charge in [-0.2, -0.15) is 0 Å². The maximum absolute atomic E-state index is 11.7. The Bertz CT molecular complexity index is 1000. The average Bonchev–Trinajstić information content (AvgIpc) is 3.75. The first-order valence-corrected chi connectivity index (χ1v) is 12.4. The highest BCUT2D eigenvalue weighted by atomic mass is 35.5. The van der Waals surface area contributed by atoms with Crippen LogP contribution in [0.2, 0.25) is 5.02 Å². The minimum atomic E-state index is -0.113. The third kappa shape index (κ3) is 10.7. The number of allylic oxidation sites excluding steroid dienone is 3. The molecule has 186 valence electrons. The van der Waals surface area contributed by atoms with Crippen LogP contribution in [0.4, 0.5) is 0 Å². The number of aliphatic imine (C=N–C) groups is 1. The van der Waals surface area contributed by atoms with E-state index in [1.54, 1.807) is 18.3 Å². The Kier molecular flexibility index (Phi) is 12.5. The molecule has 6 heteroatoms. The first-order chi connectivity index (χ1) is 17.0. The Balaban J connectivity index is 0.000000239. The molecule has 2 heterocycles. The van der Waals surface area contributed by atoms with Gasteiger partial charge >= 0.3 is 0 Å². The molecule has 0 spiro atoms. The van der Waals surface area contributed by atoms with Crippen molar-refractivity contribution in [3.63, 3.8) is 0 Å². The highest BCUT2D eigenvalue weighted by Gasteiger charge is 2.25. The van der Waals surface area contributed by atoms with Gasteiger partial charge in [0.25, 0.3) is 5.91 Å². The highest BCUT2D eigenvalue weighted by Crippen LogP contribution is 2.38. The molecular weight excluding hydrogens is 458 g/mol. The second-order valence-electron chi connectivity index (χ2n) is 8.38. The van der Waals surface area contributed by atoms with Crippen molar-refractivity contribution in [2.45, 2.75) is 39.5 Å². The Morgan fingerprint density at radius 1 is 1.34 bits per heavy atom. The quantitative estimate of drug-likeness (QED) is 0.359. The number of terminal acetylenes is 1. The Morgan fingerprint density at radius 2 is 2.14 bits per heavy atom. The lowest BCUT2D eigenvalue weighted by Gasteiger charge is -2.20. The van der Waals surface area contributed by atoms with Gasteiger partial charge < -0.3 is 15.0 Å². The first kappa shape index (κ1) is 28.0. The number of hydrogen-bond acceptors (Lipinski definition) is 4. The number of ether oxygens (including phenoxy) is 1. The predicted molar refractivity (Wildman–Crippen MR) is 147 cm³/mol. The number of dihydropyridines is 1. The van der Waals surface area contributed by atoms with Crippen molar-refractivity contribution in [2.24, 2.45) is 10.9 Å². The summed E-state index contributed by atoms with van der Waals surface area (Å²) in [4.78, 5) is 18.1. The van der Waals surface area contributed by atoms with E-state index in [2.05, 4.69) is 66.5 Å². The molecule has 4 rings (SSSR count). The zero-order valence-electron chi connectivity index (χ0n) is 20.8. The third-order valence-electron chi connectivity index (χ3n) is 5.50. The van der Waals surface area contributed by atoms with E-state index in [1.807, 2.05) is 18.2 Å². The number of benzene rings is 1. The van der Waals surface area contributed by atoms with Gasteiger partial charge in [0.1, 0.15) is 12.4 Å². The molecule has 1 saturated carbocycles.